The average molecular weight is 282 g/mol. The Morgan fingerprint density at radius 3 is 2.50 bits per heavy atom. The Bertz CT molecular complexity index is 523. The molecule has 94 valence electrons. The van der Waals surface area contributed by atoms with Gasteiger partial charge in [0.25, 0.3) is 0 Å². The van der Waals surface area contributed by atoms with Crippen LogP contribution in [0, 0.1) is 0 Å². The van der Waals surface area contributed by atoms with Gasteiger partial charge in [-0.1, -0.05) is 30.1 Å². The minimum Gasteiger partial charge on any atom is -0.369 e. The number of anilines is 1. The summed E-state index contributed by atoms with van der Waals surface area (Å²) in [5.41, 5.74) is 1.61. The monoisotopic (exact) mass is 281 g/mol. The number of halogens is 2. The lowest BCUT2D eigenvalue weighted by Crippen LogP contribution is -2.02. The molecule has 0 amide bonds. The van der Waals surface area contributed by atoms with Crippen LogP contribution in [0.4, 0.5) is 5.82 Å². The second-order valence-corrected chi connectivity index (χ2v) is 4.75. The Balaban J connectivity index is 2.32. The van der Waals surface area contributed by atoms with Crippen molar-refractivity contribution in [3.63, 3.8) is 0 Å². The van der Waals surface area contributed by atoms with Crippen LogP contribution in [0.15, 0.2) is 30.6 Å². The van der Waals surface area contributed by atoms with Crippen molar-refractivity contribution in [2.24, 2.45) is 0 Å². The molecular formula is C13H13Cl2N3. The molecule has 5 heteroatoms. The Morgan fingerprint density at radius 2 is 1.83 bits per heavy atom. The van der Waals surface area contributed by atoms with Gasteiger partial charge in [0.05, 0.1) is 18.1 Å². The van der Waals surface area contributed by atoms with Crippen molar-refractivity contribution in [2.45, 2.75) is 13.3 Å². The molecule has 0 bridgehead atoms. The molecule has 3 nitrogen and oxygen atoms in total. The largest absolute Gasteiger partial charge is 0.369 e. The molecule has 0 saturated carbocycles. The molecular weight excluding hydrogens is 269 g/mol. The van der Waals surface area contributed by atoms with E-state index in [1.165, 1.54) is 0 Å². The second-order valence-electron chi connectivity index (χ2n) is 3.87. The van der Waals surface area contributed by atoms with E-state index in [0.29, 0.717) is 10.0 Å². The molecule has 0 unspecified atom stereocenters. The van der Waals surface area contributed by atoms with Crippen LogP contribution in [0.5, 0.6) is 0 Å². The van der Waals surface area contributed by atoms with E-state index in [0.717, 1.165) is 30.0 Å². The predicted molar refractivity (Wildman–Crippen MR) is 76.3 cm³/mol. The fraction of sp³-hybridized carbons (Fsp3) is 0.231. The van der Waals surface area contributed by atoms with Gasteiger partial charge >= 0.3 is 0 Å². The topological polar surface area (TPSA) is 37.8 Å². The molecule has 0 saturated heterocycles. The van der Waals surface area contributed by atoms with Crippen LogP contribution < -0.4 is 5.32 Å². The molecule has 2 rings (SSSR count). The highest BCUT2D eigenvalue weighted by atomic mass is 35.5. The summed E-state index contributed by atoms with van der Waals surface area (Å²) in [6, 6.07) is 5.33. The van der Waals surface area contributed by atoms with Crippen LogP contribution in [-0.2, 0) is 0 Å². The van der Waals surface area contributed by atoms with Crippen LogP contribution in [0.1, 0.15) is 13.3 Å². The van der Waals surface area contributed by atoms with Crippen molar-refractivity contribution in [1.82, 2.24) is 9.97 Å². The number of hydrogen-bond donors (Lipinski definition) is 1. The second kappa shape index (κ2) is 6.03. The lowest BCUT2D eigenvalue weighted by molar-refractivity contribution is 0.965. The van der Waals surface area contributed by atoms with Crippen LogP contribution in [-0.4, -0.2) is 16.5 Å². The summed E-state index contributed by atoms with van der Waals surface area (Å²) in [5, 5.41) is 4.37. The zero-order valence-corrected chi connectivity index (χ0v) is 11.5. The predicted octanol–water partition coefficient (Wildman–Crippen LogP) is 4.27. The first kappa shape index (κ1) is 13.1. The van der Waals surface area contributed by atoms with Gasteiger partial charge in [0.2, 0.25) is 0 Å². The molecule has 0 radical (unpaired) electrons. The highest BCUT2D eigenvalue weighted by molar-refractivity contribution is 6.35. The van der Waals surface area contributed by atoms with Crippen LogP contribution in [0.2, 0.25) is 10.0 Å². The lowest BCUT2D eigenvalue weighted by Gasteiger charge is -2.06. The van der Waals surface area contributed by atoms with Gasteiger partial charge in [-0.05, 0) is 24.6 Å². The van der Waals surface area contributed by atoms with Crippen LogP contribution in [0.25, 0.3) is 11.3 Å². The van der Waals surface area contributed by atoms with Gasteiger partial charge in [-0.2, -0.15) is 0 Å². The Morgan fingerprint density at radius 1 is 1.11 bits per heavy atom. The van der Waals surface area contributed by atoms with Gasteiger partial charge in [-0.3, -0.25) is 4.98 Å². The molecule has 1 aromatic heterocycles. The smallest absolute Gasteiger partial charge is 0.145 e. The SMILES string of the molecule is CCCNc1cncc(-c2cc(Cl)cc(Cl)c2)n1. The number of aromatic nitrogens is 2. The first-order valence-corrected chi connectivity index (χ1v) is 6.47. The van der Waals surface area contributed by atoms with Crippen LogP contribution in [0.3, 0.4) is 0 Å². The Hall–Kier alpha value is -1.32. The maximum absolute atomic E-state index is 5.98. The fourth-order valence-corrected chi connectivity index (χ4v) is 2.07. The first-order valence-electron chi connectivity index (χ1n) is 5.71. The van der Waals surface area contributed by atoms with Gasteiger partial charge in [-0.25, -0.2) is 4.98 Å². The summed E-state index contributed by atoms with van der Waals surface area (Å²) >= 11 is 12.0. The highest BCUT2D eigenvalue weighted by Gasteiger charge is 2.04. The number of hydrogen-bond acceptors (Lipinski definition) is 3. The number of nitrogens with one attached hydrogen (secondary N) is 1. The molecule has 2 aromatic rings. The number of benzene rings is 1. The molecule has 0 atom stereocenters. The zero-order valence-electron chi connectivity index (χ0n) is 9.95. The molecule has 0 fully saturated rings. The maximum atomic E-state index is 5.98. The number of nitrogens with zero attached hydrogens (tertiary/aromatic N) is 2. The summed E-state index contributed by atoms with van der Waals surface area (Å²) in [4.78, 5) is 8.63. The van der Waals surface area contributed by atoms with Crippen molar-refractivity contribution in [1.29, 1.82) is 0 Å². The van der Waals surface area contributed by atoms with Gasteiger partial charge < -0.3 is 5.32 Å². The van der Waals surface area contributed by atoms with Gasteiger partial charge in [-0.15, -0.1) is 0 Å². The van der Waals surface area contributed by atoms with Crippen molar-refractivity contribution in [3.05, 3.63) is 40.6 Å². The van der Waals surface area contributed by atoms with E-state index in [2.05, 4.69) is 22.2 Å². The quantitative estimate of drug-likeness (QED) is 0.909. The normalized spacial score (nSPS) is 10.4. The molecule has 0 aliphatic carbocycles. The molecule has 18 heavy (non-hydrogen) atoms. The minimum atomic E-state index is 0.589. The maximum Gasteiger partial charge on any atom is 0.145 e. The average Bonchev–Trinajstić information content (AvgIpc) is 2.35. The third kappa shape index (κ3) is 3.34. The minimum absolute atomic E-state index is 0.589. The first-order chi connectivity index (χ1) is 8.69. The van der Waals surface area contributed by atoms with Crippen molar-refractivity contribution in [2.75, 3.05) is 11.9 Å². The van der Waals surface area contributed by atoms with Gasteiger partial charge in [0.15, 0.2) is 0 Å². The summed E-state index contributed by atoms with van der Waals surface area (Å²) < 4.78 is 0. The molecule has 1 heterocycles. The molecule has 0 aliphatic rings. The van der Waals surface area contributed by atoms with E-state index in [9.17, 15) is 0 Å². The third-order valence-electron chi connectivity index (χ3n) is 2.35. The van der Waals surface area contributed by atoms with E-state index < -0.39 is 0 Å². The molecule has 1 N–H and O–H groups in total. The summed E-state index contributed by atoms with van der Waals surface area (Å²) in [6.45, 7) is 2.97. The molecule has 0 aliphatic heterocycles. The van der Waals surface area contributed by atoms with E-state index in [-0.39, 0.29) is 0 Å². The molecule has 1 aromatic carbocycles. The highest BCUT2D eigenvalue weighted by Crippen LogP contribution is 2.26. The van der Waals surface area contributed by atoms with E-state index in [4.69, 9.17) is 23.2 Å². The summed E-state index contributed by atoms with van der Waals surface area (Å²) in [7, 11) is 0. The van der Waals surface area contributed by atoms with Crippen LogP contribution >= 0.6 is 23.2 Å². The van der Waals surface area contributed by atoms with Gasteiger partial charge in [0, 0.05) is 22.2 Å². The summed E-state index contributed by atoms with van der Waals surface area (Å²) in [6.07, 6.45) is 4.43. The standard InChI is InChI=1S/C13H13Cl2N3/c1-2-3-17-13-8-16-7-12(18-13)9-4-10(14)6-11(15)5-9/h4-8H,2-3H2,1H3,(H,17,18). The van der Waals surface area contributed by atoms with Gasteiger partial charge in [0.1, 0.15) is 5.82 Å². The van der Waals surface area contributed by atoms with E-state index >= 15 is 0 Å². The Kier molecular flexibility index (Phi) is 4.39. The van der Waals surface area contributed by atoms with E-state index in [1.54, 1.807) is 18.5 Å². The van der Waals surface area contributed by atoms with Crippen molar-refractivity contribution < 1.29 is 0 Å². The summed E-state index contributed by atoms with van der Waals surface area (Å²) in [5.74, 6) is 0.755. The Labute approximate surface area is 116 Å². The van der Waals surface area contributed by atoms with Crippen molar-refractivity contribution >= 4 is 29.0 Å². The lowest BCUT2D eigenvalue weighted by atomic mass is 10.1. The zero-order chi connectivity index (χ0) is 13.0. The third-order valence-corrected chi connectivity index (χ3v) is 2.79. The van der Waals surface area contributed by atoms with E-state index in [1.807, 2.05) is 12.1 Å². The fourth-order valence-electron chi connectivity index (χ4n) is 1.55. The number of rotatable bonds is 4. The molecule has 0 spiro atoms. The van der Waals surface area contributed by atoms with Crippen molar-refractivity contribution in [3.8, 4) is 11.3 Å².